The van der Waals surface area contributed by atoms with Gasteiger partial charge in [-0.3, -0.25) is 0 Å². The van der Waals surface area contributed by atoms with Crippen LogP contribution in [0.5, 0.6) is 0 Å². The van der Waals surface area contributed by atoms with Crippen LogP contribution in [-0.2, 0) is 4.74 Å². The van der Waals surface area contributed by atoms with Crippen LogP contribution in [0.1, 0.15) is 56.0 Å². The molecule has 1 rings (SSSR count). The lowest BCUT2D eigenvalue weighted by Gasteiger charge is -2.19. The van der Waals surface area contributed by atoms with Gasteiger partial charge in [-0.25, -0.2) is 4.79 Å². The highest BCUT2D eigenvalue weighted by molar-refractivity contribution is 5.86. The van der Waals surface area contributed by atoms with Crippen LogP contribution in [0.25, 0.3) is 0 Å². The lowest BCUT2D eigenvalue weighted by Crippen LogP contribution is -2.22. The number of esters is 1. The van der Waals surface area contributed by atoms with Crippen molar-refractivity contribution < 1.29 is 13.9 Å². The lowest BCUT2D eigenvalue weighted by atomic mass is 9.98. The van der Waals surface area contributed by atoms with Crippen molar-refractivity contribution in [3.63, 3.8) is 0 Å². The van der Waals surface area contributed by atoms with Gasteiger partial charge in [0.05, 0.1) is 13.2 Å². The molecule has 4 heteroatoms. The summed E-state index contributed by atoms with van der Waals surface area (Å²) in [4.78, 5) is 11.3. The average molecular weight is 253 g/mol. The summed E-state index contributed by atoms with van der Waals surface area (Å²) < 4.78 is 10.2. The molecule has 0 aliphatic heterocycles. The van der Waals surface area contributed by atoms with Crippen molar-refractivity contribution in [1.82, 2.24) is 5.32 Å². The van der Waals surface area contributed by atoms with E-state index in [2.05, 4.69) is 30.8 Å². The highest BCUT2D eigenvalue weighted by Gasteiger charge is 2.19. The van der Waals surface area contributed by atoms with Gasteiger partial charge >= 0.3 is 5.97 Å². The summed E-state index contributed by atoms with van der Waals surface area (Å²) in [5.74, 6) is 1.25. The van der Waals surface area contributed by atoms with E-state index < -0.39 is 5.97 Å². The minimum atomic E-state index is -0.431. The van der Waals surface area contributed by atoms with Gasteiger partial charge in [-0.2, -0.15) is 0 Å². The maximum Gasteiger partial charge on any atom is 0.373 e. The highest BCUT2D eigenvalue weighted by Crippen LogP contribution is 2.25. The number of nitrogens with one attached hydrogen (secondary N) is 1. The van der Waals surface area contributed by atoms with E-state index in [1.165, 1.54) is 7.11 Å². The van der Waals surface area contributed by atoms with E-state index in [9.17, 15) is 4.79 Å². The Morgan fingerprint density at radius 1 is 1.44 bits per heavy atom. The molecule has 0 amide bonds. The maximum atomic E-state index is 11.3. The first-order valence-electron chi connectivity index (χ1n) is 6.53. The number of ether oxygens (including phenoxy) is 1. The largest absolute Gasteiger partial charge is 0.463 e. The molecular weight excluding hydrogens is 230 g/mol. The molecule has 0 spiro atoms. The normalized spacial score (nSPS) is 14.2. The van der Waals surface area contributed by atoms with Crippen LogP contribution in [0.2, 0.25) is 0 Å². The molecule has 2 unspecified atom stereocenters. The average Bonchev–Trinajstić information content (AvgIpc) is 2.86. The summed E-state index contributed by atoms with van der Waals surface area (Å²) in [6, 6.07) is 3.67. The summed E-state index contributed by atoms with van der Waals surface area (Å²) in [5, 5.41) is 3.39. The minimum absolute atomic E-state index is 0.156. The first-order valence-corrected chi connectivity index (χ1v) is 6.53. The fourth-order valence-electron chi connectivity index (χ4n) is 1.87. The number of methoxy groups -OCH3 is 1. The quantitative estimate of drug-likeness (QED) is 0.758. The Morgan fingerprint density at radius 3 is 2.72 bits per heavy atom. The van der Waals surface area contributed by atoms with Gasteiger partial charge in [0.2, 0.25) is 5.76 Å². The van der Waals surface area contributed by atoms with Crippen LogP contribution in [-0.4, -0.2) is 19.6 Å². The summed E-state index contributed by atoms with van der Waals surface area (Å²) in [7, 11) is 1.35. The van der Waals surface area contributed by atoms with Crippen molar-refractivity contribution in [3.05, 3.63) is 23.7 Å². The van der Waals surface area contributed by atoms with E-state index >= 15 is 0 Å². The Balaban J connectivity index is 2.78. The molecule has 102 valence electrons. The Kier molecular flexibility index (Phi) is 5.92. The number of carbonyl (C=O) groups is 1. The summed E-state index contributed by atoms with van der Waals surface area (Å²) in [6.07, 6.45) is 2.13. The van der Waals surface area contributed by atoms with Gasteiger partial charge in [0.15, 0.2) is 0 Å². The molecule has 1 aromatic heterocycles. The number of furan rings is 1. The van der Waals surface area contributed by atoms with Crippen LogP contribution in [0, 0.1) is 5.92 Å². The molecule has 0 aliphatic carbocycles. The van der Waals surface area contributed by atoms with E-state index in [1.54, 1.807) is 6.07 Å². The molecule has 2 atom stereocenters. The molecule has 0 radical (unpaired) electrons. The van der Waals surface area contributed by atoms with Crippen molar-refractivity contribution in [2.45, 2.75) is 39.7 Å². The standard InChI is InChI=1S/C14H23NO3/c1-5-10(3)9-11(15-6-2)12-7-8-13(18-12)14(16)17-4/h7-8,10-11,15H,5-6,9H2,1-4H3. The smallest absolute Gasteiger partial charge is 0.373 e. The Hall–Kier alpha value is -1.29. The van der Waals surface area contributed by atoms with Gasteiger partial charge in [-0.1, -0.05) is 27.2 Å². The van der Waals surface area contributed by atoms with Gasteiger partial charge in [0.25, 0.3) is 0 Å². The zero-order valence-corrected chi connectivity index (χ0v) is 11.7. The lowest BCUT2D eigenvalue weighted by molar-refractivity contribution is 0.0561. The third-order valence-corrected chi connectivity index (χ3v) is 3.14. The van der Waals surface area contributed by atoms with Crippen LogP contribution in [0.15, 0.2) is 16.5 Å². The van der Waals surface area contributed by atoms with E-state index in [4.69, 9.17) is 4.42 Å². The molecule has 18 heavy (non-hydrogen) atoms. The number of rotatable bonds is 7. The van der Waals surface area contributed by atoms with Gasteiger partial charge in [0, 0.05) is 0 Å². The van der Waals surface area contributed by atoms with Crippen LogP contribution in [0.3, 0.4) is 0 Å². The number of hydrogen-bond acceptors (Lipinski definition) is 4. The fourth-order valence-corrected chi connectivity index (χ4v) is 1.87. The summed E-state index contributed by atoms with van der Waals surface area (Å²) >= 11 is 0. The van der Waals surface area contributed by atoms with Crippen LogP contribution < -0.4 is 5.32 Å². The highest BCUT2D eigenvalue weighted by atomic mass is 16.5. The topological polar surface area (TPSA) is 51.5 Å². The monoisotopic (exact) mass is 253 g/mol. The SMILES string of the molecule is CCNC(CC(C)CC)c1ccc(C(=O)OC)o1. The molecular formula is C14H23NO3. The summed E-state index contributed by atoms with van der Waals surface area (Å²) in [5.41, 5.74) is 0. The van der Waals surface area contributed by atoms with E-state index in [1.807, 2.05) is 6.07 Å². The first kappa shape index (κ1) is 14.8. The summed E-state index contributed by atoms with van der Waals surface area (Å²) in [6.45, 7) is 7.33. The molecule has 0 bridgehead atoms. The molecule has 1 N–H and O–H groups in total. The molecule has 1 aromatic rings. The van der Waals surface area contributed by atoms with Crippen molar-refractivity contribution in [2.75, 3.05) is 13.7 Å². The maximum absolute atomic E-state index is 11.3. The zero-order valence-electron chi connectivity index (χ0n) is 11.7. The van der Waals surface area contributed by atoms with Crippen molar-refractivity contribution in [3.8, 4) is 0 Å². The second kappa shape index (κ2) is 7.21. The Labute approximate surface area is 109 Å². The third kappa shape index (κ3) is 3.88. The Bertz CT molecular complexity index is 373. The van der Waals surface area contributed by atoms with Crippen molar-refractivity contribution in [2.24, 2.45) is 5.92 Å². The molecule has 0 saturated heterocycles. The van der Waals surface area contributed by atoms with Crippen LogP contribution >= 0.6 is 0 Å². The number of carbonyl (C=O) groups excluding carboxylic acids is 1. The third-order valence-electron chi connectivity index (χ3n) is 3.14. The predicted molar refractivity (Wildman–Crippen MR) is 70.5 cm³/mol. The van der Waals surface area contributed by atoms with Crippen LogP contribution in [0.4, 0.5) is 0 Å². The fraction of sp³-hybridized carbons (Fsp3) is 0.643. The van der Waals surface area contributed by atoms with E-state index in [0.717, 1.165) is 25.1 Å². The van der Waals surface area contributed by atoms with Gasteiger partial charge in [0.1, 0.15) is 5.76 Å². The predicted octanol–water partition coefficient (Wildman–Crippen LogP) is 3.15. The molecule has 0 aliphatic rings. The molecule has 0 aromatic carbocycles. The molecule has 1 heterocycles. The minimum Gasteiger partial charge on any atom is -0.463 e. The first-order chi connectivity index (χ1) is 8.62. The van der Waals surface area contributed by atoms with Crippen molar-refractivity contribution in [1.29, 1.82) is 0 Å². The number of hydrogen-bond donors (Lipinski definition) is 1. The second-order valence-corrected chi connectivity index (χ2v) is 4.55. The zero-order chi connectivity index (χ0) is 13.5. The van der Waals surface area contributed by atoms with E-state index in [-0.39, 0.29) is 11.8 Å². The van der Waals surface area contributed by atoms with E-state index in [0.29, 0.717) is 5.92 Å². The Morgan fingerprint density at radius 2 is 2.17 bits per heavy atom. The van der Waals surface area contributed by atoms with Gasteiger partial charge in [-0.15, -0.1) is 0 Å². The molecule has 0 fully saturated rings. The molecule has 4 nitrogen and oxygen atoms in total. The molecule has 0 saturated carbocycles. The van der Waals surface area contributed by atoms with Gasteiger partial charge in [-0.05, 0) is 31.0 Å². The van der Waals surface area contributed by atoms with Gasteiger partial charge < -0.3 is 14.5 Å². The second-order valence-electron chi connectivity index (χ2n) is 4.55. The van der Waals surface area contributed by atoms with Crippen molar-refractivity contribution >= 4 is 5.97 Å².